The number of imide groups is 1. The lowest BCUT2D eigenvalue weighted by atomic mass is 9.87. The van der Waals surface area contributed by atoms with Crippen molar-refractivity contribution in [3.05, 3.63) is 75.8 Å². The lowest BCUT2D eigenvalue weighted by molar-refractivity contribution is -0.122. The normalized spacial score (nSPS) is 19.4. The van der Waals surface area contributed by atoms with Gasteiger partial charge in [0.2, 0.25) is 0 Å². The Balaban J connectivity index is 1.23. The zero-order chi connectivity index (χ0) is 22.9. The van der Waals surface area contributed by atoms with E-state index in [1.165, 1.54) is 22.6 Å². The Morgan fingerprint density at radius 3 is 2.85 bits per heavy atom. The number of amides is 3. The predicted molar refractivity (Wildman–Crippen MR) is 131 cm³/mol. The number of aromatic nitrogens is 1. The molecule has 2 N–H and O–H groups in total. The largest absolute Gasteiger partial charge is 0.358 e. The summed E-state index contributed by atoms with van der Waals surface area (Å²) in [4.78, 5) is 42.8. The number of hydrogen-bond donors (Lipinski definition) is 2. The Morgan fingerprint density at radius 1 is 1.21 bits per heavy atom. The topological polar surface area (TPSA) is 82.3 Å². The number of rotatable bonds is 5. The number of thioether (sulfide) groups is 1. The summed E-state index contributed by atoms with van der Waals surface area (Å²) in [6, 6.07) is 15.1. The van der Waals surface area contributed by atoms with E-state index in [0.717, 1.165) is 41.1 Å². The summed E-state index contributed by atoms with van der Waals surface area (Å²) in [5.74, 6) is 0.114. The molecular weight excluding hydrogens is 434 g/mol. The first kappa shape index (κ1) is 21.5. The molecule has 0 saturated carbocycles. The fourth-order valence-electron chi connectivity index (χ4n) is 4.51. The maximum Gasteiger partial charge on any atom is 0.293 e. The standard InChI is InChI=1S/C26H25N3O3S/c1-16-7-9-21-19(13-16)20-15-18(8-10-22(20)28-21)24(30)27-11-12-29-25(31)23(33-26(29)32)14-17-5-3-2-4-6-17/h2-6,8,10,14-16,28H,7,9,11-13H2,1H3,(H,27,30)/b23-14+. The molecule has 2 heterocycles. The van der Waals surface area contributed by atoms with E-state index in [2.05, 4.69) is 17.2 Å². The van der Waals surface area contributed by atoms with E-state index in [4.69, 9.17) is 0 Å². The van der Waals surface area contributed by atoms with Gasteiger partial charge in [-0.2, -0.15) is 0 Å². The summed E-state index contributed by atoms with van der Waals surface area (Å²) in [6.07, 6.45) is 4.97. The van der Waals surface area contributed by atoms with E-state index in [-0.39, 0.29) is 30.1 Å². The number of fused-ring (bicyclic) bond motifs is 3. The van der Waals surface area contributed by atoms with Gasteiger partial charge in [0, 0.05) is 35.2 Å². The van der Waals surface area contributed by atoms with E-state index < -0.39 is 0 Å². The first-order valence-corrected chi connectivity index (χ1v) is 12.0. The quantitative estimate of drug-likeness (QED) is 0.539. The zero-order valence-electron chi connectivity index (χ0n) is 18.4. The van der Waals surface area contributed by atoms with Crippen molar-refractivity contribution in [2.45, 2.75) is 26.2 Å². The van der Waals surface area contributed by atoms with Crippen LogP contribution in [0.25, 0.3) is 17.0 Å². The molecule has 1 atom stereocenters. The van der Waals surface area contributed by atoms with Gasteiger partial charge in [0.25, 0.3) is 17.1 Å². The minimum atomic E-state index is -0.322. The van der Waals surface area contributed by atoms with Crippen molar-refractivity contribution in [1.82, 2.24) is 15.2 Å². The summed E-state index contributed by atoms with van der Waals surface area (Å²) in [5.41, 5.74) is 5.12. The van der Waals surface area contributed by atoms with Crippen LogP contribution >= 0.6 is 11.8 Å². The smallest absolute Gasteiger partial charge is 0.293 e. The van der Waals surface area contributed by atoms with Crippen LogP contribution in [-0.2, 0) is 17.6 Å². The molecular formula is C26H25N3O3S. The third-order valence-corrected chi connectivity index (χ3v) is 7.20. The van der Waals surface area contributed by atoms with Crippen LogP contribution in [0.1, 0.15) is 40.5 Å². The fourth-order valence-corrected chi connectivity index (χ4v) is 5.37. The van der Waals surface area contributed by atoms with E-state index >= 15 is 0 Å². The molecule has 1 aliphatic carbocycles. The summed E-state index contributed by atoms with van der Waals surface area (Å²) >= 11 is 0.930. The van der Waals surface area contributed by atoms with Gasteiger partial charge in [0.05, 0.1) is 4.91 Å². The Labute approximate surface area is 196 Å². The molecule has 168 valence electrons. The van der Waals surface area contributed by atoms with Crippen molar-refractivity contribution >= 4 is 45.8 Å². The molecule has 1 saturated heterocycles. The molecule has 0 spiro atoms. The highest BCUT2D eigenvalue weighted by molar-refractivity contribution is 8.18. The van der Waals surface area contributed by atoms with Crippen LogP contribution in [0.15, 0.2) is 53.4 Å². The number of carbonyl (C=O) groups excluding carboxylic acids is 3. The minimum Gasteiger partial charge on any atom is -0.358 e. The highest BCUT2D eigenvalue weighted by Gasteiger charge is 2.34. The predicted octanol–water partition coefficient (Wildman–Crippen LogP) is 4.76. The lowest BCUT2D eigenvalue weighted by Gasteiger charge is -2.18. The van der Waals surface area contributed by atoms with Gasteiger partial charge in [0.1, 0.15) is 0 Å². The van der Waals surface area contributed by atoms with Crippen molar-refractivity contribution in [3.63, 3.8) is 0 Å². The number of carbonyl (C=O) groups is 3. The molecule has 2 aliphatic rings. The molecule has 7 heteroatoms. The molecule has 3 aromatic rings. The van der Waals surface area contributed by atoms with Gasteiger partial charge in [-0.3, -0.25) is 19.3 Å². The lowest BCUT2D eigenvalue weighted by Crippen LogP contribution is -2.37. The SMILES string of the molecule is CC1CCc2[nH]c3ccc(C(=O)NCCN4C(=O)S/C(=C/c5ccccc5)C4=O)cc3c2C1. The molecule has 0 radical (unpaired) electrons. The molecule has 33 heavy (non-hydrogen) atoms. The Kier molecular flexibility index (Phi) is 5.81. The molecule has 1 unspecified atom stereocenters. The van der Waals surface area contributed by atoms with Crippen LogP contribution < -0.4 is 5.32 Å². The number of nitrogens with one attached hydrogen (secondary N) is 2. The van der Waals surface area contributed by atoms with Gasteiger partial charge in [-0.1, -0.05) is 37.3 Å². The van der Waals surface area contributed by atoms with Crippen LogP contribution in [0, 0.1) is 5.92 Å². The Hall–Kier alpha value is -3.32. The number of hydrogen-bond acceptors (Lipinski definition) is 4. The summed E-state index contributed by atoms with van der Waals surface area (Å²) in [7, 11) is 0. The van der Waals surface area contributed by atoms with Gasteiger partial charge < -0.3 is 10.3 Å². The minimum absolute atomic E-state index is 0.141. The van der Waals surface area contributed by atoms with E-state index in [0.29, 0.717) is 16.4 Å². The number of nitrogens with zero attached hydrogens (tertiary/aromatic N) is 1. The number of aryl methyl sites for hydroxylation is 1. The molecule has 5 rings (SSSR count). The third-order valence-electron chi connectivity index (χ3n) is 6.29. The molecule has 2 aromatic carbocycles. The average Bonchev–Trinajstić information content (AvgIpc) is 3.30. The molecule has 6 nitrogen and oxygen atoms in total. The molecule has 1 aliphatic heterocycles. The molecule has 1 aromatic heterocycles. The second-order valence-electron chi connectivity index (χ2n) is 8.69. The molecule has 3 amide bonds. The second kappa shape index (κ2) is 8.90. The molecule has 0 bridgehead atoms. The van der Waals surface area contributed by atoms with Crippen LogP contribution in [0.3, 0.4) is 0 Å². The van der Waals surface area contributed by atoms with Gasteiger partial charge in [0.15, 0.2) is 0 Å². The molecule has 1 fully saturated rings. The first-order chi connectivity index (χ1) is 16.0. The highest BCUT2D eigenvalue weighted by Crippen LogP contribution is 2.33. The Morgan fingerprint density at radius 2 is 2.03 bits per heavy atom. The van der Waals surface area contributed by atoms with E-state index in [1.807, 2.05) is 48.5 Å². The number of H-pyrrole nitrogens is 1. The van der Waals surface area contributed by atoms with Crippen LogP contribution in [-0.4, -0.2) is 40.0 Å². The summed E-state index contributed by atoms with van der Waals surface area (Å²) in [5, 5.41) is 3.65. The first-order valence-electron chi connectivity index (χ1n) is 11.2. The van der Waals surface area contributed by atoms with Gasteiger partial charge in [-0.25, -0.2) is 0 Å². The van der Waals surface area contributed by atoms with Crippen LogP contribution in [0.2, 0.25) is 0 Å². The third kappa shape index (κ3) is 4.33. The van der Waals surface area contributed by atoms with Crippen molar-refractivity contribution in [2.24, 2.45) is 5.92 Å². The van der Waals surface area contributed by atoms with E-state index in [9.17, 15) is 14.4 Å². The van der Waals surface area contributed by atoms with E-state index in [1.54, 1.807) is 6.08 Å². The monoisotopic (exact) mass is 459 g/mol. The average molecular weight is 460 g/mol. The Bertz CT molecular complexity index is 1280. The number of aromatic amines is 1. The van der Waals surface area contributed by atoms with Crippen molar-refractivity contribution in [2.75, 3.05) is 13.1 Å². The second-order valence-corrected chi connectivity index (χ2v) is 9.68. The van der Waals surface area contributed by atoms with Gasteiger partial charge >= 0.3 is 0 Å². The number of benzene rings is 2. The maximum atomic E-state index is 12.8. The van der Waals surface area contributed by atoms with Gasteiger partial charge in [-0.05, 0) is 72.3 Å². The van der Waals surface area contributed by atoms with Crippen LogP contribution in [0.4, 0.5) is 4.79 Å². The maximum absolute atomic E-state index is 12.8. The fraction of sp³-hybridized carbons (Fsp3) is 0.269. The van der Waals surface area contributed by atoms with Crippen LogP contribution in [0.5, 0.6) is 0 Å². The summed E-state index contributed by atoms with van der Waals surface area (Å²) < 4.78 is 0. The van der Waals surface area contributed by atoms with Crippen molar-refractivity contribution in [3.8, 4) is 0 Å². The van der Waals surface area contributed by atoms with Gasteiger partial charge in [-0.15, -0.1) is 0 Å². The zero-order valence-corrected chi connectivity index (χ0v) is 19.2. The summed E-state index contributed by atoms with van der Waals surface area (Å²) in [6.45, 7) is 2.61. The highest BCUT2D eigenvalue weighted by atomic mass is 32.2. The van der Waals surface area contributed by atoms with Crippen molar-refractivity contribution in [1.29, 1.82) is 0 Å². The van der Waals surface area contributed by atoms with Crippen molar-refractivity contribution < 1.29 is 14.4 Å².